The number of carbonyl (C=O) groups is 2. The Morgan fingerprint density at radius 3 is 2.94 bits per heavy atom. The third-order valence-electron chi connectivity index (χ3n) is 2.17. The number of aliphatic carboxylic acids is 1. The predicted molar refractivity (Wildman–Crippen MR) is 56.4 cm³/mol. The third kappa shape index (κ3) is 2.41. The molecule has 0 fully saturated rings. The molecule has 1 aliphatic rings. The van der Waals surface area contributed by atoms with Gasteiger partial charge in [-0.3, -0.25) is 9.48 Å². The highest BCUT2D eigenvalue weighted by atomic mass is 16.6. The lowest BCUT2D eigenvalue weighted by Crippen LogP contribution is -2.29. The van der Waals surface area contributed by atoms with Crippen molar-refractivity contribution >= 4 is 23.4 Å². The molecule has 0 aliphatic carbocycles. The van der Waals surface area contributed by atoms with Crippen LogP contribution in [0, 0.1) is 0 Å². The number of nitrogens with one attached hydrogen (secondary N) is 1. The van der Waals surface area contributed by atoms with Crippen LogP contribution in [0.5, 0.6) is 0 Å². The lowest BCUT2D eigenvalue weighted by atomic mass is 10.2. The molecule has 0 saturated heterocycles. The maximum Gasteiger partial charge on any atom is 0.353 e. The van der Waals surface area contributed by atoms with E-state index in [1.807, 2.05) is 0 Å². The van der Waals surface area contributed by atoms with Gasteiger partial charge in [0.15, 0.2) is 11.5 Å². The predicted octanol–water partition coefficient (Wildman–Crippen LogP) is -0.412. The Balaban J connectivity index is 1.93. The second-order valence-electron chi connectivity index (χ2n) is 3.51. The molecule has 8 nitrogen and oxygen atoms in total. The highest BCUT2D eigenvalue weighted by Crippen LogP contribution is 2.13. The molecule has 2 N–H and O–H groups in total. The van der Waals surface area contributed by atoms with Crippen molar-refractivity contribution in [1.29, 1.82) is 0 Å². The number of oxime groups is 1. The van der Waals surface area contributed by atoms with E-state index in [0.29, 0.717) is 5.82 Å². The molecule has 0 spiro atoms. The molecule has 0 radical (unpaired) electrons. The lowest BCUT2D eigenvalue weighted by molar-refractivity contribution is -0.129. The van der Waals surface area contributed by atoms with E-state index in [2.05, 4.69) is 15.6 Å². The number of carboxylic acid groups (broad SMARTS) is 1. The van der Waals surface area contributed by atoms with E-state index in [1.165, 1.54) is 4.68 Å². The Kier molecular flexibility index (Phi) is 2.77. The number of amides is 1. The summed E-state index contributed by atoms with van der Waals surface area (Å²) in [5.74, 6) is -1.27. The van der Waals surface area contributed by atoms with Gasteiger partial charge >= 0.3 is 5.97 Å². The molecule has 1 amide bonds. The van der Waals surface area contributed by atoms with Crippen molar-refractivity contribution in [2.75, 3.05) is 5.32 Å². The van der Waals surface area contributed by atoms with Crippen LogP contribution < -0.4 is 5.32 Å². The minimum absolute atomic E-state index is 0.0476. The first-order valence-electron chi connectivity index (χ1n) is 4.83. The van der Waals surface area contributed by atoms with Gasteiger partial charge in [-0.15, -0.1) is 0 Å². The van der Waals surface area contributed by atoms with Gasteiger partial charge in [-0.05, 0) is 0 Å². The van der Waals surface area contributed by atoms with Crippen molar-refractivity contribution in [2.45, 2.75) is 12.5 Å². The monoisotopic (exact) mass is 238 g/mol. The zero-order valence-electron chi connectivity index (χ0n) is 8.95. The molecular formula is C9H10N4O4. The molecule has 1 atom stereocenters. The molecule has 2 rings (SSSR count). The Hall–Kier alpha value is -2.38. The van der Waals surface area contributed by atoms with Crippen molar-refractivity contribution in [3.05, 3.63) is 12.3 Å². The highest BCUT2D eigenvalue weighted by molar-refractivity contribution is 6.36. The number of hydrogen-bond acceptors (Lipinski definition) is 5. The van der Waals surface area contributed by atoms with Crippen LogP contribution >= 0.6 is 0 Å². The van der Waals surface area contributed by atoms with Crippen molar-refractivity contribution in [2.24, 2.45) is 12.2 Å². The SMILES string of the molecule is Cn1ccc(NC(=O)C2CC(C(=O)O)=NO2)n1. The van der Waals surface area contributed by atoms with Crippen LogP contribution in [-0.2, 0) is 21.5 Å². The lowest BCUT2D eigenvalue weighted by Gasteiger charge is -2.06. The van der Waals surface area contributed by atoms with Gasteiger partial charge in [0.05, 0.1) is 0 Å². The quantitative estimate of drug-likeness (QED) is 0.744. The van der Waals surface area contributed by atoms with Crippen LogP contribution in [0.4, 0.5) is 5.82 Å². The molecule has 1 unspecified atom stereocenters. The molecule has 90 valence electrons. The summed E-state index contributed by atoms with van der Waals surface area (Å²) in [6.07, 6.45) is 0.710. The highest BCUT2D eigenvalue weighted by Gasteiger charge is 2.31. The number of carbonyl (C=O) groups excluding carboxylic acids is 1. The summed E-state index contributed by atoms with van der Waals surface area (Å²) in [7, 11) is 1.72. The molecule has 0 aromatic carbocycles. The van der Waals surface area contributed by atoms with E-state index in [1.54, 1.807) is 19.3 Å². The van der Waals surface area contributed by atoms with Gasteiger partial charge in [0.25, 0.3) is 5.91 Å². The smallest absolute Gasteiger partial charge is 0.353 e. The Morgan fingerprint density at radius 2 is 2.41 bits per heavy atom. The third-order valence-corrected chi connectivity index (χ3v) is 2.17. The molecule has 1 aromatic heterocycles. The van der Waals surface area contributed by atoms with E-state index in [0.717, 1.165) is 0 Å². The summed E-state index contributed by atoms with van der Waals surface area (Å²) in [6.45, 7) is 0. The van der Waals surface area contributed by atoms with Crippen molar-refractivity contribution in [3.8, 4) is 0 Å². The van der Waals surface area contributed by atoms with Crippen LogP contribution in [-0.4, -0.2) is 38.6 Å². The van der Waals surface area contributed by atoms with Crippen LogP contribution in [0.2, 0.25) is 0 Å². The van der Waals surface area contributed by atoms with Gasteiger partial charge < -0.3 is 15.3 Å². The van der Waals surface area contributed by atoms with E-state index < -0.39 is 18.0 Å². The van der Waals surface area contributed by atoms with Gasteiger partial charge in [0.2, 0.25) is 6.10 Å². The fraction of sp³-hybridized carbons (Fsp3) is 0.333. The Bertz CT molecular complexity index is 493. The van der Waals surface area contributed by atoms with Crippen LogP contribution in [0.3, 0.4) is 0 Å². The Morgan fingerprint density at radius 1 is 1.65 bits per heavy atom. The van der Waals surface area contributed by atoms with E-state index in [9.17, 15) is 9.59 Å². The number of rotatable bonds is 3. The fourth-order valence-corrected chi connectivity index (χ4v) is 1.33. The molecule has 8 heteroatoms. The number of aryl methyl sites for hydroxylation is 1. The number of nitrogens with zero attached hydrogens (tertiary/aromatic N) is 3. The number of aromatic nitrogens is 2. The minimum atomic E-state index is -1.18. The van der Waals surface area contributed by atoms with Crippen LogP contribution in [0.15, 0.2) is 17.4 Å². The van der Waals surface area contributed by atoms with E-state index >= 15 is 0 Å². The second kappa shape index (κ2) is 4.24. The maximum absolute atomic E-state index is 11.6. The molecular weight excluding hydrogens is 228 g/mol. The second-order valence-corrected chi connectivity index (χ2v) is 3.51. The Labute approximate surface area is 95.9 Å². The first kappa shape index (κ1) is 11.1. The summed E-state index contributed by atoms with van der Waals surface area (Å²) < 4.78 is 1.53. The first-order valence-corrected chi connectivity index (χ1v) is 4.83. The molecule has 1 aromatic rings. The molecule has 17 heavy (non-hydrogen) atoms. The molecule has 0 saturated carbocycles. The molecule has 0 bridgehead atoms. The minimum Gasteiger partial charge on any atom is -0.477 e. The average Bonchev–Trinajstić information content (AvgIpc) is 2.86. The first-order chi connectivity index (χ1) is 8.06. The van der Waals surface area contributed by atoms with Crippen molar-refractivity contribution < 1.29 is 19.5 Å². The van der Waals surface area contributed by atoms with E-state index in [-0.39, 0.29) is 12.1 Å². The number of anilines is 1. The van der Waals surface area contributed by atoms with Gasteiger partial charge in [0, 0.05) is 25.7 Å². The zero-order chi connectivity index (χ0) is 12.4. The average molecular weight is 238 g/mol. The number of hydrogen-bond donors (Lipinski definition) is 2. The summed E-state index contributed by atoms with van der Waals surface area (Å²) in [5.41, 5.74) is -0.161. The summed E-state index contributed by atoms with van der Waals surface area (Å²) in [5, 5.41) is 18.4. The summed E-state index contributed by atoms with van der Waals surface area (Å²) in [4.78, 5) is 26.9. The molecule has 2 heterocycles. The largest absolute Gasteiger partial charge is 0.477 e. The van der Waals surface area contributed by atoms with Crippen LogP contribution in [0.1, 0.15) is 6.42 Å². The fourth-order valence-electron chi connectivity index (χ4n) is 1.33. The van der Waals surface area contributed by atoms with E-state index in [4.69, 9.17) is 9.94 Å². The standard InChI is InChI=1S/C9H10N4O4/c1-13-3-2-7(11-13)10-8(14)6-4-5(9(15)16)12-17-6/h2-3,6H,4H2,1H3,(H,15,16)(H,10,11,14). The van der Waals surface area contributed by atoms with Crippen molar-refractivity contribution in [1.82, 2.24) is 9.78 Å². The summed E-state index contributed by atoms with van der Waals surface area (Å²) >= 11 is 0. The topological polar surface area (TPSA) is 106 Å². The zero-order valence-corrected chi connectivity index (χ0v) is 8.95. The van der Waals surface area contributed by atoms with Crippen LogP contribution in [0.25, 0.3) is 0 Å². The number of carboxylic acids is 1. The van der Waals surface area contributed by atoms with Crippen molar-refractivity contribution in [3.63, 3.8) is 0 Å². The maximum atomic E-state index is 11.6. The van der Waals surface area contributed by atoms with Gasteiger partial charge in [0.1, 0.15) is 0 Å². The van der Waals surface area contributed by atoms with Gasteiger partial charge in [-0.2, -0.15) is 5.10 Å². The normalized spacial score (nSPS) is 18.4. The van der Waals surface area contributed by atoms with Gasteiger partial charge in [-0.1, -0.05) is 5.16 Å². The molecule has 1 aliphatic heterocycles. The van der Waals surface area contributed by atoms with Gasteiger partial charge in [-0.25, -0.2) is 4.79 Å². The summed E-state index contributed by atoms with van der Waals surface area (Å²) in [6, 6.07) is 1.62.